The summed E-state index contributed by atoms with van der Waals surface area (Å²) in [5, 5.41) is 0. The Hall–Kier alpha value is -0.870. The highest BCUT2D eigenvalue weighted by atomic mass is 17.2. The first-order valence-corrected chi connectivity index (χ1v) is 11.0. The summed E-state index contributed by atoms with van der Waals surface area (Å²) in [5.41, 5.74) is -0.235. The van der Waals surface area contributed by atoms with E-state index < -0.39 is 0 Å². The summed E-state index contributed by atoms with van der Waals surface area (Å²) in [5.74, 6) is 1.36. The molecule has 0 aromatic heterocycles. The summed E-state index contributed by atoms with van der Waals surface area (Å²) < 4.78 is 4.81. The molecule has 158 valence electrons. The number of rotatable bonds is 12. The van der Waals surface area contributed by atoms with Crippen molar-refractivity contribution < 1.29 is 19.3 Å². The van der Waals surface area contributed by atoms with Crippen molar-refractivity contribution in [1.82, 2.24) is 0 Å². The van der Waals surface area contributed by atoms with Gasteiger partial charge in [-0.1, -0.05) is 59.6 Å². The fraction of sp³-hybridized carbons (Fsp3) is 0.870. The van der Waals surface area contributed by atoms with E-state index in [0.29, 0.717) is 17.8 Å². The van der Waals surface area contributed by atoms with Crippen LogP contribution in [-0.2, 0) is 19.3 Å². The molecule has 1 aliphatic heterocycles. The zero-order valence-corrected chi connectivity index (χ0v) is 18.5. The molecule has 1 saturated heterocycles. The Morgan fingerprint density at radius 2 is 1.96 bits per heavy atom. The standard InChI is InChI=1S/C23H42O4/c1-7-12-13-18(8-2)14-19(9-3)16-23(11-5)17-20(10-4)21(26-27-23)15-22(24)25-6/h12-13,18-21H,7-11,14-17H2,1-6H3/t18-,19-,20-,21-,23-/m0/s1. The SMILES string of the molecule is CCC=C[C@H](CC)C[C@H](CC)C[C@@]1(CC)C[C@H](CC)[C@H](CC(=O)OC)OO1. The molecule has 0 saturated carbocycles. The van der Waals surface area contributed by atoms with Gasteiger partial charge in [-0.05, 0) is 56.3 Å². The first kappa shape index (κ1) is 24.2. The van der Waals surface area contributed by atoms with Crippen LogP contribution < -0.4 is 0 Å². The number of methoxy groups -OCH3 is 1. The van der Waals surface area contributed by atoms with E-state index >= 15 is 0 Å². The maximum Gasteiger partial charge on any atom is 0.308 e. The fourth-order valence-corrected chi connectivity index (χ4v) is 4.26. The van der Waals surface area contributed by atoms with E-state index in [1.165, 1.54) is 20.0 Å². The summed E-state index contributed by atoms with van der Waals surface area (Å²) in [7, 11) is 1.42. The van der Waals surface area contributed by atoms with Gasteiger partial charge in [0.15, 0.2) is 0 Å². The van der Waals surface area contributed by atoms with Crippen LogP contribution in [0.25, 0.3) is 0 Å². The molecule has 0 N–H and O–H groups in total. The molecule has 4 nitrogen and oxygen atoms in total. The lowest BCUT2D eigenvalue weighted by molar-refractivity contribution is -0.424. The molecule has 0 radical (unpaired) electrons. The summed E-state index contributed by atoms with van der Waals surface area (Å²) in [6.07, 6.45) is 13.3. The van der Waals surface area contributed by atoms with E-state index in [1.54, 1.807) is 0 Å². The predicted octanol–water partition coefficient (Wildman–Crippen LogP) is 6.24. The van der Waals surface area contributed by atoms with Gasteiger partial charge in [-0.15, -0.1) is 0 Å². The minimum absolute atomic E-state index is 0.196. The first-order chi connectivity index (χ1) is 13.0. The fourth-order valence-electron chi connectivity index (χ4n) is 4.26. The highest BCUT2D eigenvalue weighted by molar-refractivity contribution is 5.69. The zero-order valence-electron chi connectivity index (χ0n) is 18.5. The maximum atomic E-state index is 11.7. The van der Waals surface area contributed by atoms with E-state index in [-0.39, 0.29) is 24.1 Å². The lowest BCUT2D eigenvalue weighted by Crippen LogP contribution is -2.46. The third-order valence-electron chi connectivity index (χ3n) is 6.32. The van der Waals surface area contributed by atoms with E-state index in [1.807, 2.05) is 0 Å². The zero-order chi connectivity index (χ0) is 20.3. The molecule has 1 aliphatic rings. The molecule has 1 fully saturated rings. The number of hydrogen-bond donors (Lipinski definition) is 0. The van der Waals surface area contributed by atoms with Crippen molar-refractivity contribution in [3.05, 3.63) is 12.2 Å². The summed E-state index contributed by atoms with van der Waals surface area (Å²) >= 11 is 0. The highest BCUT2D eigenvalue weighted by Crippen LogP contribution is 2.42. The van der Waals surface area contributed by atoms with Crippen molar-refractivity contribution in [2.45, 2.75) is 104 Å². The minimum atomic E-state index is -0.235. The van der Waals surface area contributed by atoms with Gasteiger partial charge in [0.2, 0.25) is 0 Å². The van der Waals surface area contributed by atoms with Crippen molar-refractivity contribution in [2.75, 3.05) is 7.11 Å². The Labute approximate surface area is 167 Å². The second-order valence-electron chi connectivity index (χ2n) is 8.13. The van der Waals surface area contributed by atoms with Gasteiger partial charge in [0.25, 0.3) is 0 Å². The van der Waals surface area contributed by atoms with Gasteiger partial charge in [0, 0.05) is 0 Å². The van der Waals surface area contributed by atoms with Crippen molar-refractivity contribution in [3.63, 3.8) is 0 Å². The van der Waals surface area contributed by atoms with Crippen LogP contribution in [0.15, 0.2) is 12.2 Å². The van der Waals surface area contributed by atoms with Gasteiger partial charge in [0.05, 0.1) is 13.5 Å². The van der Waals surface area contributed by atoms with Gasteiger partial charge in [0.1, 0.15) is 11.7 Å². The molecular formula is C23H42O4. The molecule has 5 atom stereocenters. The van der Waals surface area contributed by atoms with Gasteiger partial charge in [-0.25, -0.2) is 9.78 Å². The van der Waals surface area contributed by atoms with Gasteiger partial charge >= 0.3 is 5.97 Å². The molecule has 27 heavy (non-hydrogen) atoms. The van der Waals surface area contributed by atoms with Crippen LogP contribution in [-0.4, -0.2) is 24.8 Å². The van der Waals surface area contributed by atoms with Crippen molar-refractivity contribution in [2.24, 2.45) is 17.8 Å². The van der Waals surface area contributed by atoms with E-state index in [2.05, 4.69) is 46.8 Å². The predicted molar refractivity (Wildman–Crippen MR) is 110 cm³/mol. The van der Waals surface area contributed by atoms with Crippen LogP contribution in [0.3, 0.4) is 0 Å². The molecule has 4 heteroatoms. The number of hydrogen-bond acceptors (Lipinski definition) is 4. The lowest BCUT2D eigenvalue weighted by Gasteiger charge is -2.44. The van der Waals surface area contributed by atoms with Crippen LogP contribution in [0, 0.1) is 17.8 Å². The van der Waals surface area contributed by atoms with E-state index in [0.717, 1.165) is 38.5 Å². The molecule has 0 spiro atoms. The third kappa shape index (κ3) is 7.57. The Kier molecular flexibility index (Phi) is 11.2. The molecule has 0 unspecified atom stereocenters. The number of ether oxygens (including phenoxy) is 1. The smallest absolute Gasteiger partial charge is 0.308 e. The highest BCUT2D eigenvalue weighted by Gasteiger charge is 2.43. The van der Waals surface area contributed by atoms with E-state index in [4.69, 9.17) is 14.5 Å². The number of carbonyl (C=O) groups is 1. The van der Waals surface area contributed by atoms with Gasteiger partial charge in [-0.2, -0.15) is 0 Å². The maximum absolute atomic E-state index is 11.7. The second-order valence-corrected chi connectivity index (χ2v) is 8.13. The van der Waals surface area contributed by atoms with Gasteiger partial charge in [-0.3, -0.25) is 4.79 Å². The van der Waals surface area contributed by atoms with Crippen molar-refractivity contribution in [3.8, 4) is 0 Å². The number of esters is 1. The van der Waals surface area contributed by atoms with Crippen LogP contribution in [0.4, 0.5) is 0 Å². The Morgan fingerprint density at radius 1 is 1.22 bits per heavy atom. The third-order valence-corrected chi connectivity index (χ3v) is 6.32. The monoisotopic (exact) mass is 382 g/mol. The molecule has 0 aromatic rings. The van der Waals surface area contributed by atoms with Crippen LogP contribution >= 0.6 is 0 Å². The Balaban J connectivity index is 2.78. The summed E-state index contributed by atoms with van der Waals surface area (Å²) in [6, 6.07) is 0. The average molecular weight is 383 g/mol. The molecule has 1 heterocycles. The lowest BCUT2D eigenvalue weighted by atomic mass is 9.75. The van der Waals surface area contributed by atoms with Gasteiger partial charge < -0.3 is 4.74 Å². The van der Waals surface area contributed by atoms with Crippen LogP contribution in [0.5, 0.6) is 0 Å². The minimum Gasteiger partial charge on any atom is -0.469 e. The number of allylic oxidation sites excluding steroid dienone is 2. The molecule has 1 rings (SSSR count). The largest absolute Gasteiger partial charge is 0.469 e. The van der Waals surface area contributed by atoms with E-state index in [9.17, 15) is 4.79 Å². The Morgan fingerprint density at radius 3 is 2.48 bits per heavy atom. The van der Waals surface area contributed by atoms with Crippen LogP contribution in [0.2, 0.25) is 0 Å². The second kappa shape index (κ2) is 12.6. The summed E-state index contributed by atoms with van der Waals surface area (Å²) in [4.78, 5) is 23.5. The average Bonchev–Trinajstić information content (AvgIpc) is 2.71. The first-order valence-electron chi connectivity index (χ1n) is 11.0. The Bertz CT molecular complexity index is 448. The number of carbonyl (C=O) groups excluding carboxylic acids is 1. The molecule has 0 aromatic carbocycles. The summed E-state index contributed by atoms with van der Waals surface area (Å²) in [6.45, 7) is 11.1. The van der Waals surface area contributed by atoms with Crippen molar-refractivity contribution in [1.29, 1.82) is 0 Å². The normalized spacial score (nSPS) is 28.2. The van der Waals surface area contributed by atoms with Crippen LogP contribution in [0.1, 0.15) is 92.4 Å². The molecule has 0 amide bonds. The molecule has 0 bridgehead atoms. The molecule has 0 aliphatic carbocycles. The topological polar surface area (TPSA) is 44.8 Å². The van der Waals surface area contributed by atoms with Crippen molar-refractivity contribution >= 4 is 5.97 Å². The molecular weight excluding hydrogens is 340 g/mol. The quantitative estimate of drug-likeness (QED) is 0.227.